The van der Waals surface area contributed by atoms with Crippen LogP contribution in [0.2, 0.25) is 0 Å². The van der Waals surface area contributed by atoms with Crippen molar-refractivity contribution in [1.29, 1.82) is 0 Å². The predicted octanol–water partition coefficient (Wildman–Crippen LogP) is 9.01. The molecule has 0 saturated heterocycles. The number of imidazole rings is 2. The quantitative estimate of drug-likeness (QED) is 0.167. The Morgan fingerprint density at radius 1 is 0.638 bits per heavy atom. The number of ether oxygens (including phenoxy) is 1. The third kappa shape index (κ3) is 4.64. The van der Waals surface area contributed by atoms with Crippen LogP contribution in [0.4, 0.5) is 0 Å². The fourth-order valence-corrected chi connectivity index (χ4v) is 6.40. The van der Waals surface area contributed by atoms with E-state index in [1.807, 2.05) is 54.7 Å². The second-order valence-corrected chi connectivity index (χ2v) is 12.5. The third-order valence-corrected chi connectivity index (χ3v) is 8.59. The first-order chi connectivity index (χ1) is 22.4. The zero-order valence-corrected chi connectivity index (χ0v) is 28.1. The first-order valence-corrected chi connectivity index (χ1v) is 15.3. The zero-order valence-electron chi connectivity index (χ0n) is 25.9. The van der Waals surface area contributed by atoms with Gasteiger partial charge in [-0.2, -0.15) is 17.1 Å². The SMILES string of the molecule is CC(C)(C)c1ccnc(-n2c3[c-]c(Oc4[c-]c(-n5c6ccccc6n6c7cccnc7nc56)ccc4)ccc3c3ccccc32)c1.[Pt+2]. The Kier molecular flexibility index (Phi) is 6.78. The largest absolute Gasteiger partial charge is 2.00 e. The second-order valence-electron chi connectivity index (χ2n) is 12.5. The van der Waals surface area contributed by atoms with E-state index < -0.39 is 0 Å². The molecule has 7 nitrogen and oxygen atoms in total. The summed E-state index contributed by atoms with van der Waals surface area (Å²) in [7, 11) is 0. The molecule has 0 aliphatic carbocycles. The van der Waals surface area contributed by atoms with E-state index in [9.17, 15) is 0 Å². The van der Waals surface area contributed by atoms with E-state index in [-0.39, 0.29) is 26.5 Å². The molecule has 9 rings (SSSR count). The molecule has 47 heavy (non-hydrogen) atoms. The summed E-state index contributed by atoms with van der Waals surface area (Å²) >= 11 is 0. The van der Waals surface area contributed by atoms with Gasteiger partial charge in [-0.1, -0.05) is 62.3 Å². The van der Waals surface area contributed by atoms with Crippen LogP contribution >= 0.6 is 0 Å². The summed E-state index contributed by atoms with van der Waals surface area (Å²) in [6.45, 7) is 6.65. The fourth-order valence-electron chi connectivity index (χ4n) is 6.40. The van der Waals surface area contributed by atoms with Crippen LogP contribution in [0.15, 0.2) is 116 Å². The van der Waals surface area contributed by atoms with Crippen molar-refractivity contribution < 1.29 is 25.8 Å². The van der Waals surface area contributed by atoms with E-state index >= 15 is 0 Å². The molecule has 5 heterocycles. The van der Waals surface area contributed by atoms with E-state index in [1.54, 1.807) is 6.20 Å². The molecule has 0 atom stereocenters. The molecule has 0 N–H and O–H groups in total. The number of hydrogen-bond donors (Lipinski definition) is 0. The van der Waals surface area contributed by atoms with Gasteiger partial charge in [0.15, 0.2) is 5.65 Å². The summed E-state index contributed by atoms with van der Waals surface area (Å²) in [4.78, 5) is 14.2. The minimum absolute atomic E-state index is 0. The Hall–Kier alpha value is -5.26. The molecule has 230 valence electrons. The van der Waals surface area contributed by atoms with Crippen molar-refractivity contribution in [3.8, 4) is 23.0 Å². The van der Waals surface area contributed by atoms with E-state index in [2.05, 4.69) is 106 Å². The molecule has 4 aromatic carbocycles. The molecule has 9 aromatic rings. The Bertz CT molecular complexity index is 2620. The van der Waals surface area contributed by atoms with E-state index in [0.29, 0.717) is 17.1 Å². The molecule has 0 saturated carbocycles. The van der Waals surface area contributed by atoms with Crippen molar-refractivity contribution in [2.45, 2.75) is 26.2 Å². The maximum Gasteiger partial charge on any atom is 2.00 e. The van der Waals surface area contributed by atoms with E-state index in [4.69, 9.17) is 14.7 Å². The first-order valence-electron chi connectivity index (χ1n) is 15.3. The standard InChI is InChI=1S/C39H28N6O.Pt/c1-39(2,3)25-19-21-40-36(22-25)44-31-13-5-4-12-29(31)30-18-17-28(24-35(30)44)46-27-11-8-10-26(23-27)43-32-14-6-7-15-33(32)45-34-16-9-20-41-37(34)42-38(43)45;/h4-22H,1-3H3;/q-2;+2. The molecule has 8 heteroatoms. The van der Waals surface area contributed by atoms with Gasteiger partial charge in [-0.3, -0.25) is 4.40 Å². The Balaban J connectivity index is 0.00000324. The number of aromatic nitrogens is 6. The van der Waals surface area contributed by atoms with Gasteiger partial charge in [-0.15, -0.1) is 35.7 Å². The second kappa shape index (κ2) is 10.9. The van der Waals surface area contributed by atoms with E-state index in [0.717, 1.165) is 55.6 Å². The topological polar surface area (TPSA) is 62.2 Å². The van der Waals surface area contributed by atoms with Gasteiger partial charge in [0, 0.05) is 29.4 Å². The summed E-state index contributed by atoms with van der Waals surface area (Å²) in [5, 5.41) is 2.23. The number of hydrogen-bond acceptors (Lipinski definition) is 4. The Labute approximate surface area is 285 Å². The molecule has 0 unspecified atom stereocenters. The van der Waals surface area contributed by atoms with Crippen LogP contribution in [0.25, 0.3) is 61.3 Å². The number of nitrogens with zero attached hydrogens (tertiary/aromatic N) is 6. The average molecular weight is 792 g/mol. The fraction of sp³-hybridized carbons (Fsp3) is 0.103. The summed E-state index contributed by atoms with van der Waals surface area (Å²) in [6.07, 6.45) is 3.66. The summed E-state index contributed by atoms with van der Waals surface area (Å²) in [5.74, 6) is 2.79. The van der Waals surface area contributed by atoms with Crippen LogP contribution in [0.3, 0.4) is 0 Å². The molecule has 0 aliphatic rings. The van der Waals surface area contributed by atoms with E-state index in [1.165, 1.54) is 5.56 Å². The van der Waals surface area contributed by atoms with Crippen molar-refractivity contribution in [2.24, 2.45) is 0 Å². The van der Waals surface area contributed by atoms with Crippen molar-refractivity contribution in [2.75, 3.05) is 0 Å². The van der Waals surface area contributed by atoms with Crippen molar-refractivity contribution >= 4 is 49.8 Å². The molecule has 0 radical (unpaired) electrons. The third-order valence-electron chi connectivity index (χ3n) is 8.59. The van der Waals surface area contributed by atoms with Gasteiger partial charge in [0.05, 0.1) is 16.6 Å². The molecule has 0 aliphatic heterocycles. The summed E-state index contributed by atoms with van der Waals surface area (Å²) in [5.41, 5.74) is 7.73. The van der Waals surface area contributed by atoms with Crippen LogP contribution in [0.5, 0.6) is 11.5 Å². The number of rotatable bonds is 4. The first kappa shape index (κ1) is 29.2. The van der Waals surface area contributed by atoms with Crippen molar-refractivity contribution in [1.82, 2.24) is 28.5 Å². The molecule has 0 amide bonds. The van der Waals surface area contributed by atoms with Crippen LogP contribution < -0.4 is 4.74 Å². The Morgan fingerprint density at radius 2 is 1.40 bits per heavy atom. The smallest absolute Gasteiger partial charge is 0.509 e. The monoisotopic (exact) mass is 791 g/mol. The summed E-state index contributed by atoms with van der Waals surface area (Å²) < 4.78 is 12.9. The minimum Gasteiger partial charge on any atom is -0.509 e. The predicted molar refractivity (Wildman–Crippen MR) is 182 cm³/mol. The number of benzene rings is 4. The van der Waals surface area contributed by atoms with Crippen LogP contribution in [-0.4, -0.2) is 28.5 Å². The molecular formula is C39H28N6OPt. The number of fused-ring (bicyclic) bond motifs is 8. The van der Waals surface area contributed by atoms with Crippen LogP contribution in [0.1, 0.15) is 26.3 Å². The molecule has 0 spiro atoms. The molecule has 0 bridgehead atoms. The summed E-state index contributed by atoms with van der Waals surface area (Å²) in [6, 6.07) is 41.9. The van der Waals surface area contributed by atoms with Gasteiger partial charge in [0.1, 0.15) is 5.82 Å². The van der Waals surface area contributed by atoms with Gasteiger partial charge < -0.3 is 13.9 Å². The van der Waals surface area contributed by atoms with Crippen LogP contribution in [0, 0.1) is 12.1 Å². The van der Waals surface area contributed by atoms with Gasteiger partial charge in [-0.25, -0.2) is 9.97 Å². The molecule has 0 fully saturated rings. The molecular weight excluding hydrogens is 764 g/mol. The maximum atomic E-state index is 6.48. The average Bonchev–Trinajstić information content (AvgIpc) is 3.71. The van der Waals surface area contributed by atoms with Crippen LogP contribution in [-0.2, 0) is 26.5 Å². The van der Waals surface area contributed by atoms with Gasteiger partial charge in [-0.05, 0) is 58.8 Å². The zero-order chi connectivity index (χ0) is 31.0. The minimum atomic E-state index is -0.00840. The molecule has 5 aromatic heterocycles. The maximum absolute atomic E-state index is 6.48. The number of pyridine rings is 2. The van der Waals surface area contributed by atoms with Gasteiger partial charge in [0.2, 0.25) is 5.78 Å². The van der Waals surface area contributed by atoms with Crippen molar-refractivity contribution in [3.05, 3.63) is 133 Å². The normalized spacial score (nSPS) is 12.0. The Morgan fingerprint density at radius 3 is 2.26 bits per heavy atom. The van der Waals surface area contributed by atoms with Crippen molar-refractivity contribution in [3.63, 3.8) is 0 Å². The van der Waals surface area contributed by atoms with Gasteiger partial charge >= 0.3 is 21.1 Å². The van der Waals surface area contributed by atoms with Gasteiger partial charge in [0.25, 0.3) is 0 Å². The number of para-hydroxylation sites is 3.